The van der Waals surface area contributed by atoms with Crippen LogP contribution in [0.15, 0.2) is 46.0 Å². The molecule has 1 fully saturated rings. The lowest BCUT2D eigenvalue weighted by molar-refractivity contribution is 0.0730. The molecule has 0 aliphatic carbocycles. The SMILES string of the molecule is O=C(NCCc1ccsc1)c1ccc(S(=O)(=O)N2CCOCC2)cc1. The minimum absolute atomic E-state index is 0.198. The Morgan fingerprint density at radius 1 is 1.16 bits per heavy atom. The van der Waals surface area contributed by atoms with Gasteiger partial charge in [0, 0.05) is 25.2 Å². The average molecular weight is 380 g/mol. The van der Waals surface area contributed by atoms with Crippen LogP contribution >= 0.6 is 11.3 Å². The fourth-order valence-corrected chi connectivity index (χ4v) is 4.68. The Kier molecular flexibility index (Phi) is 5.85. The van der Waals surface area contributed by atoms with Gasteiger partial charge in [0.15, 0.2) is 0 Å². The molecule has 1 aliphatic rings. The number of nitrogens with zero attached hydrogens (tertiary/aromatic N) is 1. The van der Waals surface area contributed by atoms with Gasteiger partial charge in [0.05, 0.1) is 18.1 Å². The summed E-state index contributed by atoms with van der Waals surface area (Å²) in [5.74, 6) is -0.203. The molecule has 2 heterocycles. The van der Waals surface area contributed by atoms with E-state index in [-0.39, 0.29) is 10.8 Å². The van der Waals surface area contributed by atoms with Crippen molar-refractivity contribution < 1.29 is 17.9 Å². The number of carbonyl (C=O) groups excluding carboxylic acids is 1. The van der Waals surface area contributed by atoms with Gasteiger partial charge in [-0.3, -0.25) is 4.79 Å². The van der Waals surface area contributed by atoms with E-state index in [4.69, 9.17) is 4.74 Å². The fraction of sp³-hybridized carbons (Fsp3) is 0.353. The summed E-state index contributed by atoms with van der Waals surface area (Å²) in [5, 5.41) is 6.91. The molecule has 134 valence electrons. The Bertz CT molecular complexity index is 796. The molecular weight excluding hydrogens is 360 g/mol. The smallest absolute Gasteiger partial charge is 0.251 e. The van der Waals surface area contributed by atoms with Crippen LogP contribution in [0.25, 0.3) is 0 Å². The number of rotatable bonds is 6. The van der Waals surface area contributed by atoms with Crippen molar-refractivity contribution in [3.8, 4) is 0 Å². The zero-order chi connectivity index (χ0) is 17.7. The number of nitrogens with one attached hydrogen (secondary N) is 1. The van der Waals surface area contributed by atoms with Gasteiger partial charge < -0.3 is 10.1 Å². The van der Waals surface area contributed by atoms with Gasteiger partial charge >= 0.3 is 0 Å². The van der Waals surface area contributed by atoms with Crippen LogP contribution < -0.4 is 5.32 Å². The summed E-state index contributed by atoms with van der Waals surface area (Å²) in [6.45, 7) is 2.07. The molecule has 1 aromatic heterocycles. The first kappa shape index (κ1) is 18.1. The number of benzene rings is 1. The Hall–Kier alpha value is -1.74. The first-order chi connectivity index (χ1) is 12.1. The number of carbonyl (C=O) groups is 1. The predicted octanol–water partition coefficient (Wildman–Crippen LogP) is 1.74. The quantitative estimate of drug-likeness (QED) is 0.828. The maximum atomic E-state index is 12.5. The van der Waals surface area contributed by atoms with Crippen molar-refractivity contribution in [1.29, 1.82) is 0 Å². The highest BCUT2D eigenvalue weighted by molar-refractivity contribution is 7.89. The number of amides is 1. The summed E-state index contributed by atoms with van der Waals surface area (Å²) in [7, 11) is -3.53. The summed E-state index contributed by atoms with van der Waals surface area (Å²) in [4.78, 5) is 12.3. The van der Waals surface area contributed by atoms with Crippen molar-refractivity contribution in [2.75, 3.05) is 32.8 Å². The first-order valence-corrected chi connectivity index (χ1v) is 10.4. The van der Waals surface area contributed by atoms with E-state index in [2.05, 4.69) is 10.7 Å². The van der Waals surface area contributed by atoms with Gasteiger partial charge in [0.2, 0.25) is 10.0 Å². The van der Waals surface area contributed by atoms with E-state index in [0.29, 0.717) is 38.4 Å². The number of sulfonamides is 1. The molecule has 3 rings (SSSR count). The van der Waals surface area contributed by atoms with Crippen LogP contribution in [0.2, 0.25) is 0 Å². The van der Waals surface area contributed by atoms with E-state index in [9.17, 15) is 13.2 Å². The van der Waals surface area contributed by atoms with Gasteiger partial charge in [-0.1, -0.05) is 0 Å². The first-order valence-electron chi connectivity index (χ1n) is 8.04. The van der Waals surface area contributed by atoms with Crippen molar-refractivity contribution in [2.24, 2.45) is 0 Å². The van der Waals surface area contributed by atoms with E-state index in [1.807, 2.05) is 11.4 Å². The minimum atomic E-state index is -3.53. The molecule has 1 saturated heterocycles. The van der Waals surface area contributed by atoms with Crippen molar-refractivity contribution in [3.63, 3.8) is 0 Å². The topological polar surface area (TPSA) is 75.7 Å². The van der Waals surface area contributed by atoms with Gasteiger partial charge in [0.25, 0.3) is 5.91 Å². The van der Waals surface area contributed by atoms with E-state index in [0.717, 1.165) is 6.42 Å². The molecular formula is C17H20N2O4S2. The predicted molar refractivity (Wildman–Crippen MR) is 96.4 cm³/mol. The van der Waals surface area contributed by atoms with Crippen LogP contribution in [-0.2, 0) is 21.2 Å². The standard InChI is InChI=1S/C17H20N2O4S2/c20-17(18-7-5-14-6-12-24-13-14)15-1-3-16(4-2-15)25(21,22)19-8-10-23-11-9-19/h1-4,6,12-13H,5,7-11H2,(H,18,20). The molecule has 0 bridgehead atoms. The van der Waals surface area contributed by atoms with E-state index < -0.39 is 10.0 Å². The van der Waals surface area contributed by atoms with Crippen molar-refractivity contribution in [1.82, 2.24) is 9.62 Å². The molecule has 1 amide bonds. The van der Waals surface area contributed by atoms with Crippen molar-refractivity contribution in [2.45, 2.75) is 11.3 Å². The van der Waals surface area contributed by atoms with Gasteiger partial charge in [-0.2, -0.15) is 15.6 Å². The molecule has 0 spiro atoms. The summed E-state index contributed by atoms with van der Waals surface area (Å²) in [5.41, 5.74) is 1.64. The highest BCUT2D eigenvalue weighted by Gasteiger charge is 2.26. The fourth-order valence-electron chi connectivity index (χ4n) is 2.57. The third-order valence-electron chi connectivity index (χ3n) is 4.00. The third-order valence-corrected chi connectivity index (χ3v) is 6.65. The maximum absolute atomic E-state index is 12.5. The van der Waals surface area contributed by atoms with Crippen LogP contribution in [-0.4, -0.2) is 51.5 Å². The zero-order valence-corrected chi connectivity index (χ0v) is 15.3. The maximum Gasteiger partial charge on any atom is 0.251 e. The molecule has 25 heavy (non-hydrogen) atoms. The van der Waals surface area contributed by atoms with Crippen LogP contribution in [0.4, 0.5) is 0 Å². The third kappa shape index (κ3) is 4.46. The van der Waals surface area contributed by atoms with Crippen LogP contribution in [0.1, 0.15) is 15.9 Å². The molecule has 8 heteroatoms. The normalized spacial score (nSPS) is 15.8. The van der Waals surface area contributed by atoms with Gasteiger partial charge in [-0.15, -0.1) is 0 Å². The second-order valence-corrected chi connectivity index (χ2v) is 8.40. The van der Waals surface area contributed by atoms with Gasteiger partial charge in [-0.25, -0.2) is 8.42 Å². The van der Waals surface area contributed by atoms with Gasteiger partial charge in [-0.05, 0) is 53.1 Å². The lowest BCUT2D eigenvalue weighted by Gasteiger charge is -2.26. The lowest BCUT2D eigenvalue weighted by atomic mass is 10.2. The highest BCUT2D eigenvalue weighted by Crippen LogP contribution is 2.17. The molecule has 6 nitrogen and oxygen atoms in total. The average Bonchev–Trinajstić information content (AvgIpc) is 3.16. The second kappa shape index (κ2) is 8.09. The van der Waals surface area contributed by atoms with Crippen molar-refractivity contribution in [3.05, 3.63) is 52.2 Å². The van der Waals surface area contributed by atoms with Crippen LogP contribution in [0, 0.1) is 0 Å². The molecule has 0 saturated carbocycles. The summed E-state index contributed by atoms with van der Waals surface area (Å²) in [6.07, 6.45) is 0.777. The lowest BCUT2D eigenvalue weighted by Crippen LogP contribution is -2.40. The highest BCUT2D eigenvalue weighted by atomic mass is 32.2. The molecule has 1 N–H and O–H groups in total. The minimum Gasteiger partial charge on any atom is -0.379 e. The molecule has 2 aromatic rings. The summed E-state index contributed by atoms with van der Waals surface area (Å²) in [6, 6.07) is 8.10. The van der Waals surface area contributed by atoms with E-state index in [1.54, 1.807) is 23.5 Å². The number of hydrogen-bond acceptors (Lipinski definition) is 5. The van der Waals surface area contributed by atoms with Crippen molar-refractivity contribution >= 4 is 27.3 Å². The number of morpholine rings is 1. The Morgan fingerprint density at radius 3 is 2.52 bits per heavy atom. The molecule has 1 aliphatic heterocycles. The summed E-state index contributed by atoms with van der Waals surface area (Å²) < 4.78 is 31.7. The van der Waals surface area contributed by atoms with Gasteiger partial charge in [0.1, 0.15) is 0 Å². The van der Waals surface area contributed by atoms with Crippen LogP contribution in [0.3, 0.4) is 0 Å². The van der Waals surface area contributed by atoms with E-state index >= 15 is 0 Å². The molecule has 0 atom stereocenters. The Morgan fingerprint density at radius 2 is 1.88 bits per heavy atom. The largest absolute Gasteiger partial charge is 0.379 e. The summed E-state index contributed by atoms with van der Waals surface area (Å²) >= 11 is 1.63. The second-order valence-electron chi connectivity index (χ2n) is 5.68. The molecule has 1 aromatic carbocycles. The Labute approximate surface area is 151 Å². The zero-order valence-electron chi connectivity index (χ0n) is 13.7. The monoisotopic (exact) mass is 380 g/mol. The number of thiophene rings is 1. The number of ether oxygens (including phenoxy) is 1. The van der Waals surface area contributed by atoms with E-state index in [1.165, 1.54) is 22.0 Å². The Balaban J connectivity index is 1.60. The number of hydrogen-bond donors (Lipinski definition) is 1. The van der Waals surface area contributed by atoms with Crippen LogP contribution in [0.5, 0.6) is 0 Å². The molecule has 0 radical (unpaired) electrons. The molecule has 0 unspecified atom stereocenters.